The van der Waals surface area contributed by atoms with Crippen LogP contribution in [0.2, 0.25) is 0 Å². The molecule has 3 N–H and O–H groups in total. The summed E-state index contributed by atoms with van der Waals surface area (Å²) >= 11 is 0. The average Bonchev–Trinajstić information content (AvgIpc) is 2.83. The first-order chi connectivity index (χ1) is 8.94. The summed E-state index contributed by atoms with van der Waals surface area (Å²) in [5.74, 6) is -1.09. The largest absolute Gasteiger partial charge is 0.340 e. The van der Waals surface area contributed by atoms with Gasteiger partial charge in [-0.3, -0.25) is 0 Å². The Balaban J connectivity index is 2.33. The van der Waals surface area contributed by atoms with Crippen LogP contribution in [-0.2, 0) is 5.54 Å². The van der Waals surface area contributed by atoms with Gasteiger partial charge in [0.1, 0.15) is 5.82 Å². The van der Waals surface area contributed by atoms with E-state index in [1.54, 1.807) is 6.20 Å². The third-order valence-electron chi connectivity index (χ3n) is 3.12. The van der Waals surface area contributed by atoms with Gasteiger partial charge in [-0.15, -0.1) is 0 Å². The second kappa shape index (κ2) is 5.09. The normalized spacial score (nSPS) is 14.4. The number of hydrogen-bond donors (Lipinski definition) is 2. The van der Waals surface area contributed by atoms with Crippen molar-refractivity contribution in [3.8, 4) is 11.3 Å². The van der Waals surface area contributed by atoms with Crippen LogP contribution in [0, 0.1) is 11.6 Å². The number of nitrogens with zero attached hydrogens (tertiary/aromatic N) is 1. The predicted octanol–water partition coefficient (Wildman–Crippen LogP) is 3.33. The van der Waals surface area contributed by atoms with Gasteiger partial charge >= 0.3 is 0 Å². The highest BCUT2D eigenvalue weighted by Gasteiger charge is 2.23. The van der Waals surface area contributed by atoms with Crippen LogP contribution in [0.1, 0.15) is 32.5 Å². The minimum atomic E-state index is -0.877. The zero-order valence-corrected chi connectivity index (χ0v) is 11.0. The van der Waals surface area contributed by atoms with Gasteiger partial charge in [-0.25, -0.2) is 13.8 Å². The molecule has 0 bridgehead atoms. The first-order valence-electron chi connectivity index (χ1n) is 6.24. The Morgan fingerprint density at radius 3 is 2.68 bits per heavy atom. The van der Waals surface area contributed by atoms with Gasteiger partial charge in [0, 0.05) is 5.56 Å². The molecule has 19 heavy (non-hydrogen) atoms. The van der Waals surface area contributed by atoms with E-state index < -0.39 is 17.2 Å². The summed E-state index contributed by atoms with van der Waals surface area (Å²) in [4.78, 5) is 7.31. The molecule has 0 radical (unpaired) electrons. The molecule has 0 aliphatic heterocycles. The van der Waals surface area contributed by atoms with E-state index in [2.05, 4.69) is 9.97 Å². The molecule has 2 aromatic rings. The van der Waals surface area contributed by atoms with Gasteiger partial charge in [-0.2, -0.15) is 0 Å². The van der Waals surface area contributed by atoms with Gasteiger partial charge < -0.3 is 10.7 Å². The molecule has 5 heteroatoms. The fourth-order valence-electron chi connectivity index (χ4n) is 2.06. The molecule has 1 unspecified atom stereocenters. The third-order valence-corrected chi connectivity index (χ3v) is 3.12. The number of halogens is 2. The van der Waals surface area contributed by atoms with Gasteiger partial charge in [-0.05, 0) is 31.5 Å². The van der Waals surface area contributed by atoms with Crippen LogP contribution in [0.3, 0.4) is 0 Å². The maximum Gasteiger partial charge on any atom is 0.159 e. The predicted molar refractivity (Wildman–Crippen MR) is 70.4 cm³/mol. The van der Waals surface area contributed by atoms with Gasteiger partial charge in [0.05, 0.1) is 17.4 Å². The van der Waals surface area contributed by atoms with Crippen molar-refractivity contribution in [3.05, 3.63) is 41.9 Å². The maximum absolute atomic E-state index is 13.2. The fraction of sp³-hybridized carbons (Fsp3) is 0.357. The average molecular weight is 265 g/mol. The minimum absolute atomic E-state index is 0.546. The lowest BCUT2D eigenvalue weighted by Gasteiger charge is -2.21. The molecular formula is C14H17F2N3. The number of aromatic nitrogens is 2. The second-order valence-electron chi connectivity index (χ2n) is 4.94. The van der Waals surface area contributed by atoms with Crippen LogP contribution >= 0.6 is 0 Å². The van der Waals surface area contributed by atoms with E-state index in [0.29, 0.717) is 17.1 Å². The van der Waals surface area contributed by atoms with Crippen LogP contribution in [0.15, 0.2) is 24.4 Å². The molecule has 3 nitrogen and oxygen atoms in total. The second-order valence-corrected chi connectivity index (χ2v) is 4.94. The van der Waals surface area contributed by atoms with E-state index in [9.17, 15) is 8.78 Å². The molecule has 1 aromatic heterocycles. The van der Waals surface area contributed by atoms with Crippen molar-refractivity contribution in [1.29, 1.82) is 0 Å². The van der Waals surface area contributed by atoms with Gasteiger partial charge in [0.25, 0.3) is 0 Å². The van der Waals surface area contributed by atoms with Gasteiger partial charge in [0.2, 0.25) is 0 Å². The highest BCUT2D eigenvalue weighted by atomic mass is 19.2. The minimum Gasteiger partial charge on any atom is -0.340 e. The molecule has 0 saturated carbocycles. The fourth-order valence-corrected chi connectivity index (χ4v) is 2.06. The molecule has 0 saturated heterocycles. The van der Waals surface area contributed by atoms with E-state index in [0.717, 1.165) is 25.0 Å². The van der Waals surface area contributed by atoms with Crippen LogP contribution in [0.25, 0.3) is 11.3 Å². The summed E-state index contributed by atoms with van der Waals surface area (Å²) in [7, 11) is 0. The number of aromatic amines is 1. The summed E-state index contributed by atoms with van der Waals surface area (Å²) in [6.45, 7) is 3.94. The number of nitrogens with two attached hydrogens (primary N) is 1. The lowest BCUT2D eigenvalue weighted by atomic mass is 9.97. The first-order valence-corrected chi connectivity index (χ1v) is 6.24. The van der Waals surface area contributed by atoms with Crippen molar-refractivity contribution in [2.45, 2.75) is 32.2 Å². The van der Waals surface area contributed by atoms with Gasteiger partial charge in [-0.1, -0.05) is 13.3 Å². The SMILES string of the molecule is CCCC(C)(N)c1ncc(-c2ccc(F)c(F)c2)[nH]1. The summed E-state index contributed by atoms with van der Waals surface area (Å²) in [5.41, 5.74) is 6.79. The van der Waals surface area contributed by atoms with E-state index in [1.807, 2.05) is 13.8 Å². The number of benzene rings is 1. The number of hydrogen-bond acceptors (Lipinski definition) is 2. The Hall–Kier alpha value is -1.75. The molecule has 0 amide bonds. The Kier molecular flexibility index (Phi) is 3.66. The van der Waals surface area contributed by atoms with Crippen molar-refractivity contribution in [1.82, 2.24) is 9.97 Å². The zero-order valence-electron chi connectivity index (χ0n) is 11.0. The van der Waals surface area contributed by atoms with Crippen molar-refractivity contribution < 1.29 is 8.78 Å². The third kappa shape index (κ3) is 2.81. The Morgan fingerprint density at radius 2 is 2.05 bits per heavy atom. The number of nitrogens with one attached hydrogen (secondary N) is 1. The molecule has 102 valence electrons. The Labute approximate surface area is 110 Å². The highest BCUT2D eigenvalue weighted by molar-refractivity contribution is 5.58. The summed E-state index contributed by atoms with van der Waals surface area (Å²) in [6, 6.07) is 3.74. The number of rotatable bonds is 4. The summed E-state index contributed by atoms with van der Waals surface area (Å²) in [5, 5.41) is 0. The molecule has 0 spiro atoms. The molecule has 1 atom stereocenters. The van der Waals surface area contributed by atoms with Crippen LogP contribution in [-0.4, -0.2) is 9.97 Å². The maximum atomic E-state index is 13.2. The van der Waals surface area contributed by atoms with E-state index in [1.165, 1.54) is 6.07 Å². The van der Waals surface area contributed by atoms with Crippen LogP contribution in [0.5, 0.6) is 0 Å². The number of imidazole rings is 1. The Bertz CT molecular complexity index is 576. The Morgan fingerprint density at radius 1 is 1.32 bits per heavy atom. The lowest BCUT2D eigenvalue weighted by Crippen LogP contribution is -2.34. The highest BCUT2D eigenvalue weighted by Crippen LogP contribution is 2.25. The van der Waals surface area contributed by atoms with Crippen molar-refractivity contribution in [3.63, 3.8) is 0 Å². The lowest BCUT2D eigenvalue weighted by molar-refractivity contribution is 0.423. The zero-order chi connectivity index (χ0) is 14.0. The van der Waals surface area contributed by atoms with Crippen LogP contribution < -0.4 is 5.73 Å². The van der Waals surface area contributed by atoms with E-state index in [-0.39, 0.29) is 0 Å². The molecule has 2 rings (SSSR count). The number of H-pyrrole nitrogens is 1. The standard InChI is InChI=1S/C14H17F2N3/c1-3-6-14(2,17)13-18-8-12(19-13)9-4-5-10(15)11(16)7-9/h4-5,7-8H,3,6,17H2,1-2H3,(H,18,19). The summed E-state index contributed by atoms with van der Waals surface area (Å²) in [6.07, 6.45) is 3.31. The monoisotopic (exact) mass is 265 g/mol. The molecule has 0 aliphatic carbocycles. The van der Waals surface area contributed by atoms with Gasteiger partial charge in [0.15, 0.2) is 11.6 Å². The smallest absolute Gasteiger partial charge is 0.159 e. The van der Waals surface area contributed by atoms with E-state index >= 15 is 0 Å². The summed E-state index contributed by atoms with van der Waals surface area (Å²) < 4.78 is 26.1. The van der Waals surface area contributed by atoms with Crippen molar-refractivity contribution >= 4 is 0 Å². The topological polar surface area (TPSA) is 54.7 Å². The molecule has 0 aliphatic rings. The first kappa shape index (κ1) is 13.7. The van der Waals surface area contributed by atoms with Crippen LogP contribution in [0.4, 0.5) is 8.78 Å². The molecular weight excluding hydrogens is 248 g/mol. The molecule has 0 fully saturated rings. The van der Waals surface area contributed by atoms with E-state index in [4.69, 9.17) is 5.73 Å². The molecule has 1 heterocycles. The quantitative estimate of drug-likeness (QED) is 0.891. The van der Waals surface area contributed by atoms with Crippen molar-refractivity contribution in [2.75, 3.05) is 0 Å². The van der Waals surface area contributed by atoms with Crippen molar-refractivity contribution in [2.24, 2.45) is 5.73 Å². The molecule has 1 aromatic carbocycles.